The van der Waals surface area contributed by atoms with E-state index >= 15 is 0 Å². The van der Waals surface area contributed by atoms with Crippen molar-refractivity contribution in [3.8, 4) is 0 Å². The Morgan fingerprint density at radius 3 is 1.92 bits per heavy atom. The van der Waals surface area contributed by atoms with E-state index in [2.05, 4.69) is 26.1 Å². The van der Waals surface area contributed by atoms with Gasteiger partial charge in [-0.25, -0.2) is 0 Å². The molecule has 0 unspecified atom stereocenters. The Hall–Kier alpha value is -1.84. The van der Waals surface area contributed by atoms with Gasteiger partial charge in [0.1, 0.15) is 0 Å². The molecule has 4 nitrogen and oxygen atoms in total. The number of likely N-dealkylation sites (tertiary alicyclic amines) is 1. The van der Waals surface area contributed by atoms with E-state index in [1.165, 1.54) is 5.56 Å². The molecule has 0 spiro atoms. The standard InChI is InChI=1S/C21H32N2O2/c1-20(2,3)16-9-7-15(8-10-16)18(24)22-17-11-13-23(14-12-17)19(25)21(4,5)6/h7-10,17H,11-14H2,1-6H3,(H,22,24). The molecule has 1 N–H and O–H groups in total. The predicted molar refractivity (Wildman–Crippen MR) is 102 cm³/mol. The molecule has 1 aliphatic heterocycles. The van der Waals surface area contributed by atoms with Crippen LogP contribution in [0.4, 0.5) is 0 Å². The molecule has 2 rings (SSSR count). The third kappa shape index (κ3) is 5.07. The first kappa shape index (κ1) is 19.5. The normalized spacial score (nSPS) is 16.6. The van der Waals surface area contributed by atoms with Gasteiger partial charge in [-0.2, -0.15) is 0 Å². The minimum absolute atomic E-state index is 0.0268. The number of amides is 2. The largest absolute Gasteiger partial charge is 0.349 e. The van der Waals surface area contributed by atoms with E-state index in [0.717, 1.165) is 12.8 Å². The molecule has 0 atom stereocenters. The molecule has 138 valence electrons. The zero-order chi connectivity index (χ0) is 18.8. The minimum Gasteiger partial charge on any atom is -0.349 e. The number of carbonyl (C=O) groups is 2. The lowest BCUT2D eigenvalue weighted by Gasteiger charge is -2.36. The van der Waals surface area contributed by atoms with Gasteiger partial charge in [-0.15, -0.1) is 0 Å². The first-order chi connectivity index (χ1) is 11.5. The summed E-state index contributed by atoms with van der Waals surface area (Å²) in [5, 5.41) is 3.11. The molecule has 0 bridgehead atoms. The van der Waals surface area contributed by atoms with E-state index in [1.807, 2.05) is 49.9 Å². The number of piperidine rings is 1. The van der Waals surface area contributed by atoms with Crippen LogP contribution in [0, 0.1) is 5.41 Å². The van der Waals surface area contributed by atoms with Crippen molar-refractivity contribution in [1.29, 1.82) is 0 Å². The Balaban J connectivity index is 1.89. The van der Waals surface area contributed by atoms with Crippen molar-refractivity contribution in [2.75, 3.05) is 13.1 Å². The molecule has 1 saturated heterocycles. The molecule has 4 heteroatoms. The summed E-state index contributed by atoms with van der Waals surface area (Å²) in [7, 11) is 0. The number of nitrogens with one attached hydrogen (secondary N) is 1. The van der Waals surface area contributed by atoms with Crippen molar-refractivity contribution in [3.63, 3.8) is 0 Å². The molecule has 0 saturated carbocycles. The van der Waals surface area contributed by atoms with Crippen LogP contribution in [0.5, 0.6) is 0 Å². The maximum absolute atomic E-state index is 12.5. The molecule has 25 heavy (non-hydrogen) atoms. The van der Waals surface area contributed by atoms with Gasteiger partial charge in [-0.05, 0) is 36.0 Å². The van der Waals surface area contributed by atoms with E-state index in [1.54, 1.807) is 0 Å². The molecular weight excluding hydrogens is 312 g/mol. The number of hydrogen-bond donors (Lipinski definition) is 1. The van der Waals surface area contributed by atoms with E-state index < -0.39 is 0 Å². The van der Waals surface area contributed by atoms with Crippen LogP contribution in [-0.2, 0) is 10.2 Å². The van der Waals surface area contributed by atoms with Crippen LogP contribution in [0.1, 0.15) is 70.3 Å². The maximum atomic E-state index is 12.5. The van der Waals surface area contributed by atoms with E-state index in [0.29, 0.717) is 18.7 Å². The molecule has 0 aliphatic carbocycles. The third-order valence-electron chi connectivity index (χ3n) is 4.77. The van der Waals surface area contributed by atoms with Crippen molar-refractivity contribution >= 4 is 11.8 Å². The van der Waals surface area contributed by atoms with E-state index in [-0.39, 0.29) is 28.7 Å². The second-order valence-electron chi connectivity index (χ2n) is 9.12. The van der Waals surface area contributed by atoms with Crippen LogP contribution in [0.2, 0.25) is 0 Å². The van der Waals surface area contributed by atoms with Gasteiger partial charge in [0.15, 0.2) is 0 Å². The van der Waals surface area contributed by atoms with Crippen LogP contribution < -0.4 is 5.32 Å². The maximum Gasteiger partial charge on any atom is 0.251 e. The summed E-state index contributed by atoms with van der Waals surface area (Å²) in [5.74, 6) is 0.163. The number of rotatable bonds is 2. The zero-order valence-electron chi connectivity index (χ0n) is 16.5. The molecule has 1 heterocycles. The SMILES string of the molecule is CC(C)(C)C(=O)N1CCC(NC(=O)c2ccc(C(C)(C)C)cc2)CC1. The van der Waals surface area contributed by atoms with E-state index in [4.69, 9.17) is 0 Å². The van der Waals surface area contributed by atoms with Gasteiger partial charge in [0, 0.05) is 30.1 Å². The highest BCUT2D eigenvalue weighted by Gasteiger charge is 2.30. The van der Waals surface area contributed by atoms with Crippen molar-refractivity contribution in [1.82, 2.24) is 10.2 Å². The molecule has 0 aromatic heterocycles. The van der Waals surface area contributed by atoms with Crippen molar-refractivity contribution in [3.05, 3.63) is 35.4 Å². The quantitative estimate of drug-likeness (QED) is 0.888. The Morgan fingerprint density at radius 1 is 0.960 bits per heavy atom. The summed E-state index contributed by atoms with van der Waals surface area (Å²) >= 11 is 0. The third-order valence-corrected chi connectivity index (χ3v) is 4.77. The predicted octanol–water partition coefficient (Wildman–Crippen LogP) is 3.75. The Morgan fingerprint density at radius 2 is 1.48 bits per heavy atom. The molecule has 1 fully saturated rings. The lowest BCUT2D eigenvalue weighted by atomic mass is 9.86. The Labute approximate surface area is 152 Å². The molecular formula is C21H32N2O2. The topological polar surface area (TPSA) is 49.4 Å². The summed E-state index contributed by atoms with van der Waals surface area (Å²) in [6, 6.07) is 7.99. The smallest absolute Gasteiger partial charge is 0.251 e. The first-order valence-electron chi connectivity index (χ1n) is 9.19. The Bertz CT molecular complexity index is 613. The van der Waals surface area contributed by atoms with Gasteiger partial charge in [0.05, 0.1) is 0 Å². The lowest BCUT2D eigenvalue weighted by Crippen LogP contribution is -2.49. The van der Waals surface area contributed by atoms with Crippen molar-refractivity contribution in [2.24, 2.45) is 5.41 Å². The van der Waals surface area contributed by atoms with Gasteiger partial charge in [0.2, 0.25) is 5.91 Å². The molecule has 2 amide bonds. The van der Waals surface area contributed by atoms with Gasteiger partial charge in [-0.3, -0.25) is 9.59 Å². The van der Waals surface area contributed by atoms with Gasteiger partial charge >= 0.3 is 0 Å². The fraction of sp³-hybridized carbons (Fsp3) is 0.619. The van der Waals surface area contributed by atoms with Crippen molar-refractivity contribution < 1.29 is 9.59 Å². The molecule has 1 aliphatic rings. The number of nitrogens with zero attached hydrogens (tertiary/aromatic N) is 1. The van der Waals surface area contributed by atoms with E-state index in [9.17, 15) is 9.59 Å². The summed E-state index contributed by atoms with van der Waals surface area (Å²) in [5.41, 5.74) is 1.66. The highest BCUT2D eigenvalue weighted by atomic mass is 16.2. The monoisotopic (exact) mass is 344 g/mol. The fourth-order valence-electron chi connectivity index (χ4n) is 3.09. The van der Waals surface area contributed by atoms with Crippen LogP contribution in [0.3, 0.4) is 0 Å². The zero-order valence-corrected chi connectivity index (χ0v) is 16.5. The van der Waals surface area contributed by atoms with Crippen LogP contribution in [0.25, 0.3) is 0 Å². The minimum atomic E-state index is -0.342. The number of hydrogen-bond acceptors (Lipinski definition) is 2. The summed E-state index contributed by atoms with van der Waals surface area (Å²) in [6.07, 6.45) is 1.63. The van der Waals surface area contributed by atoms with Crippen LogP contribution in [-0.4, -0.2) is 35.8 Å². The van der Waals surface area contributed by atoms with Crippen LogP contribution in [0.15, 0.2) is 24.3 Å². The van der Waals surface area contributed by atoms with Gasteiger partial charge in [0.25, 0.3) is 5.91 Å². The average molecular weight is 344 g/mol. The second-order valence-corrected chi connectivity index (χ2v) is 9.12. The first-order valence-corrected chi connectivity index (χ1v) is 9.19. The number of carbonyl (C=O) groups excluding carboxylic acids is 2. The van der Waals surface area contributed by atoms with Crippen molar-refractivity contribution in [2.45, 2.75) is 65.8 Å². The lowest BCUT2D eigenvalue weighted by molar-refractivity contribution is -0.140. The molecule has 1 aromatic rings. The summed E-state index contributed by atoms with van der Waals surface area (Å²) in [6.45, 7) is 13.8. The fourth-order valence-corrected chi connectivity index (χ4v) is 3.09. The summed E-state index contributed by atoms with van der Waals surface area (Å²) < 4.78 is 0. The van der Waals surface area contributed by atoms with Gasteiger partial charge < -0.3 is 10.2 Å². The highest BCUT2D eigenvalue weighted by Crippen LogP contribution is 2.23. The Kier molecular flexibility index (Phi) is 5.60. The molecule has 0 radical (unpaired) electrons. The van der Waals surface area contributed by atoms with Gasteiger partial charge in [-0.1, -0.05) is 53.7 Å². The average Bonchev–Trinajstić information content (AvgIpc) is 2.53. The highest BCUT2D eigenvalue weighted by molar-refractivity contribution is 5.94. The summed E-state index contributed by atoms with van der Waals surface area (Å²) in [4.78, 5) is 26.7. The van der Waals surface area contributed by atoms with Crippen LogP contribution >= 0.6 is 0 Å². The molecule has 1 aromatic carbocycles. The second kappa shape index (κ2) is 7.19. The number of benzene rings is 1.